The molecule has 2 atom stereocenters. The average Bonchev–Trinajstić information content (AvgIpc) is 3.21. The number of carbonyl (C=O) groups excluding carboxylic acids is 1. The van der Waals surface area contributed by atoms with Crippen LogP contribution in [0.5, 0.6) is 0 Å². The van der Waals surface area contributed by atoms with Gasteiger partial charge in [-0.1, -0.05) is 0 Å². The lowest BCUT2D eigenvalue weighted by Crippen LogP contribution is -2.44. The lowest BCUT2D eigenvalue weighted by atomic mass is 10.1. The Morgan fingerprint density at radius 3 is 2.77 bits per heavy atom. The molecule has 5 nitrogen and oxygen atoms in total. The quantitative estimate of drug-likeness (QED) is 0.868. The molecule has 6 heteroatoms. The summed E-state index contributed by atoms with van der Waals surface area (Å²) in [6.45, 7) is 5.71. The number of nitrogens with zero attached hydrogens (tertiary/aromatic N) is 1. The Bertz CT molecular complexity index is 479. The first-order chi connectivity index (χ1) is 10.2. The fourth-order valence-electron chi connectivity index (χ4n) is 3.32. The molecule has 0 saturated carbocycles. The number of hydrogen-bond acceptors (Lipinski definition) is 4. The Morgan fingerprint density at radius 2 is 2.18 bits per heavy atom. The minimum Gasteiger partial charge on any atom is -0.465 e. The van der Waals surface area contributed by atoms with Crippen molar-refractivity contribution in [1.82, 2.24) is 15.5 Å². The van der Waals surface area contributed by atoms with Gasteiger partial charge < -0.3 is 15.1 Å². The monoisotopic (exact) mass is 327 g/mol. The van der Waals surface area contributed by atoms with Gasteiger partial charge in [0.15, 0.2) is 0 Å². The van der Waals surface area contributed by atoms with Gasteiger partial charge in [-0.25, -0.2) is 0 Å². The first kappa shape index (κ1) is 17.3. The zero-order valence-electron chi connectivity index (χ0n) is 13.1. The van der Waals surface area contributed by atoms with Crippen LogP contribution in [0.1, 0.15) is 43.2 Å². The highest BCUT2D eigenvalue weighted by Crippen LogP contribution is 2.26. The summed E-state index contributed by atoms with van der Waals surface area (Å²) in [6, 6.07) is 4.19. The van der Waals surface area contributed by atoms with Gasteiger partial charge in [0.05, 0.1) is 12.1 Å². The molecule has 2 aliphatic heterocycles. The SMILES string of the molecule is Cc1ccc(C(CNC(=O)[C@@H]2CCCN2)N2CCCC2)o1.Cl. The van der Waals surface area contributed by atoms with Gasteiger partial charge in [-0.2, -0.15) is 0 Å². The predicted molar refractivity (Wildman–Crippen MR) is 88.3 cm³/mol. The maximum absolute atomic E-state index is 12.2. The molecular weight excluding hydrogens is 302 g/mol. The number of carbonyl (C=O) groups is 1. The van der Waals surface area contributed by atoms with E-state index in [1.807, 2.05) is 19.1 Å². The van der Waals surface area contributed by atoms with Gasteiger partial charge in [-0.05, 0) is 64.4 Å². The van der Waals surface area contributed by atoms with Crippen molar-refractivity contribution in [3.05, 3.63) is 23.7 Å². The van der Waals surface area contributed by atoms with E-state index in [2.05, 4.69) is 15.5 Å². The van der Waals surface area contributed by atoms with Crippen LogP contribution in [0.25, 0.3) is 0 Å². The maximum atomic E-state index is 12.2. The zero-order chi connectivity index (χ0) is 14.7. The van der Waals surface area contributed by atoms with Crippen molar-refractivity contribution < 1.29 is 9.21 Å². The molecule has 0 spiro atoms. The van der Waals surface area contributed by atoms with E-state index in [9.17, 15) is 4.79 Å². The summed E-state index contributed by atoms with van der Waals surface area (Å²) in [5, 5.41) is 6.35. The number of nitrogens with one attached hydrogen (secondary N) is 2. The second kappa shape index (κ2) is 7.99. The number of likely N-dealkylation sites (tertiary alicyclic amines) is 1. The summed E-state index contributed by atoms with van der Waals surface area (Å²) >= 11 is 0. The molecule has 22 heavy (non-hydrogen) atoms. The summed E-state index contributed by atoms with van der Waals surface area (Å²) in [5.41, 5.74) is 0. The van der Waals surface area contributed by atoms with Crippen LogP contribution >= 0.6 is 12.4 Å². The third-order valence-electron chi connectivity index (χ3n) is 4.52. The van der Waals surface area contributed by atoms with E-state index in [1.165, 1.54) is 12.8 Å². The van der Waals surface area contributed by atoms with Crippen LogP contribution in [-0.2, 0) is 4.79 Å². The van der Waals surface area contributed by atoms with Crippen molar-refractivity contribution in [1.29, 1.82) is 0 Å². The smallest absolute Gasteiger partial charge is 0.237 e. The first-order valence-corrected chi connectivity index (χ1v) is 8.05. The van der Waals surface area contributed by atoms with Crippen molar-refractivity contribution in [3.8, 4) is 0 Å². The van der Waals surface area contributed by atoms with Gasteiger partial charge >= 0.3 is 0 Å². The molecule has 2 N–H and O–H groups in total. The highest BCUT2D eigenvalue weighted by molar-refractivity contribution is 5.85. The van der Waals surface area contributed by atoms with E-state index in [0.717, 1.165) is 44.0 Å². The van der Waals surface area contributed by atoms with Crippen LogP contribution in [0, 0.1) is 6.92 Å². The molecule has 1 amide bonds. The number of halogens is 1. The van der Waals surface area contributed by atoms with E-state index in [4.69, 9.17) is 4.42 Å². The van der Waals surface area contributed by atoms with Gasteiger partial charge in [-0.15, -0.1) is 12.4 Å². The Hall–Kier alpha value is -1.04. The van der Waals surface area contributed by atoms with Crippen LogP contribution in [0.4, 0.5) is 0 Å². The molecule has 1 unspecified atom stereocenters. The van der Waals surface area contributed by atoms with Crippen LogP contribution in [-0.4, -0.2) is 43.0 Å². The predicted octanol–water partition coefficient (Wildman–Crippen LogP) is 2.01. The van der Waals surface area contributed by atoms with Crippen molar-refractivity contribution in [3.63, 3.8) is 0 Å². The molecule has 0 bridgehead atoms. The van der Waals surface area contributed by atoms with E-state index in [-0.39, 0.29) is 30.4 Å². The molecule has 0 aliphatic carbocycles. The Balaban J connectivity index is 0.00000176. The van der Waals surface area contributed by atoms with Gasteiger partial charge in [0.2, 0.25) is 5.91 Å². The van der Waals surface area contributed by atoms with Crippen molar-refractivity contribution in [2.45, 2.75) is 44.7 Å². The zero-order valence-corrected chi connectivity index (χ0v) is 14.0. The van der Waals surface area contributed by atoms with E-state index >= 15 is 0 Å². The molecule has 3 rings (SSSR count). The van der Waals surface area contributed by atoms with Crippen LogP contribution in [0.15, 0.2) is 16.5 Å². The lowest BCUT2D eigenvalue weighted by Gasteiger charge is -2.26. The average molecular weight is 328 g/mol. The summed E-state index contributed by atoms with van der Waals surface area (Å²) in [7, 11) is 0. The Morgan fingerprint density at radius 1 is 1.41 bits per heavy atom. The standard InChI is InChI=1S/C16H25N3O2.ClH/c1-12-6-7-15(21-12)14(19-9-2-3-10-19)11-18-16(20)13-5-4-8-17-13;/h6-7,13-14,17H,2-5,8-11H2,1H3,(H,18,20);1H/t13-,14?;/m0./s1. The number of furan rings is 1. The fourth-order valence-corrected chi connectivity index (χ4v) is 3.32. The van der Waals surface area contributed by atoms with Crippen molar-refractivity contribution >= 4 is 18.3 Å². The topological polar surface area (TPSA) is 57.5 Å². The third-order valence-corrected chi connectivity index (χ3v) is 4.52. The van der Waals surface area contributed by atoms with Gasteiger partial charge in [0.1, 0.15) is 11.5 Å². The highest BCUT2D eigenvalue weighted by atomic mass is 35.5. The molecule has 0 aromatic carbocycles. The van der Waals surface area contributed by atoms with Gasteiger partial charge in [0.25, 0.3) is 0 Å². The number of hydrogen-bond donors (Lipinski definition) is 2. The normalized spacial score (nSPS) is 23.2. The number of aryl methyl sites for hydroxylation is 1. The molecule has 1 aromatic heterocycles. The Labute approximate surface area is 138 Å². The highest BCUT2D eigenvalue weighted by Gasteiger charge is 2.28. The molecule has 124 valence electrons. The molecule has 3 heterocycles. The number of rotatable bonds is 5. The minimum absolute atomic E-state index is 0. The third kappa shape index (κ3) is 4.03. The largest absolute Gasteiger partial charge is 0.465 e. The van der Waals surface area contributed by atoms with Crippen LogP contribution in [0.3, 0.4) is 0 Å². The maximum Gasteiger partial charge on any atom is 0.237 e. The second-order valence-electron chi connectivity index (χ2n) is 6.10. The summed E-state index contributed by atoms with van der Waals surface area (Å²) in [6.07, 6.45) is 4.49. The summed E-state index contributed by atoms with van der Waals surface area (Å²) in [4.78, 5) is 14.6. The Kier molecular flexibility index (Phi) is 6.29. The molecular formula is C16H26ClN3O2. The van der Waals surface area contributed by atoms with Gasteiger partial charge in [0, 0.05) is 6.54 Å². The first-order valence-electron chi connectivity index (χ1n) is 8.05. The fraction of sp³-hybridized carbons (Fsp3) is 0.688. The van der Waals surface area contributed by atoms with Crippen molar-refractivity contribution in [2.75, 3.05) is 26.2 Å². The van der Waals surface area contributed by atoms with Gasteiger partial charge in [-0.3, -0.25) is 9.69 Å². The van der Waals surface area contributed by atoms with E-state index in [0.29, 0.717) is 6.54 Å². The molecule has 1 aromatic rings. The minimum atomic E-state index is -0.0115. The molecule has 2 saturated heterocycles. The lowest BCUT2D eigenvalue weighted by molar-refractivity contribution is -0.123. The molecule has 2 aliphatic rings. The summed E-state index contributed by atoms with van der Waals surface area (Å²) in [5.74, 6) is 2.02. The number of amides is 1. The van der Waals surface area contributed by atoms with Crippen LogP contribution < -0.4 is 10.6 Å². The molecule has 2 fully saturated rings. The van der Waals surface area contributed by atoms with Crippen molar-refractivity contribution in [2.24, 2.45) is 0 Å². The summed E-state index contributed by atoms with van der Waals surface area (Å²) < 4.78 is 5.81. The molecule has 0 radical (unpaired) electrons. The van der Waals surface area contributed by atoms with E-state index < -0.39 is 0 Å². The van der Waals surface area contributed by atoms with E-state index in [1.54, 1.807) is 0 Å². The second-order valence-corrected chi connectivity index (χ2v) is 6.10. The van der Waals surface area contributed by atoms with Crippen LogP contribution in [0.2, 0.25) is 0 Å².